The number of hydrogen-bond donors (Lipinski definition) is 1. The summed E-state index contributed by atoms with van der Waals surface area (Å²) in [6.07, 6.45) is 3.85. The van der Waals surface area contributed by atoms with E-state index in [4.69, 9.17) is 10.5 Å². The molecule has 114 valence electrons. The van der Waals surface area contributed by atoms with Crippen molar-refractivity contribution >= 4 is 14.0 Å². The van der Waals surface area contributed by atoms with Crippen molar-refractivity contribution in [2.75, 3.05) is 13.7 Å². The van der Waals surface area contributed by atoms with Crippen molar-refractivity contribution in [3.8, 4) is 0 Å². The van der Waals surface area contributed by atoms with Crippen LogP contribution in [0.1, 0.15) is 5.82 Å². The minimum absolute atomic E-state index is 0.344. The molecule has 0 aliphatic heterocycles. The summed E-state index contributed by atoms with van der Waals surface area (Å²) in [5, 5.41) is 0. The summed E-state index contributed by atoms with van der Waals surface area (Å²) in [6.45, 7) is 8.13. The zero-order valence-corrected chi connectivity index (χ0v) is 13.8. The van der Waals surface area contributed by atoms with Crippen molar-refractivity contribution in [2.24, 2.45) is 5.73 Å². The number of ether oxygens (including phenoxy) is 2. The molecule has 0 aliphatic rings. The van der Waals surface area contributed by atoms with Gasteiger partial charge >= 0.3 is 5.97 Å². The van der Waals surface area contributed by atoms with Crippen LogP contribution in [0.5, 0.6) is 0 Å². The molecule has 6 nitrogen and oxygen atoms in total. The number of carbonyl (C=O) groups excluding carboxylic acids is 1. The zero-order valence-electron chi connectivity index (χ0n) is 12.8. The molecule has 1 heterocycles. The first kappa shape index (κ1) is 16.9. The van der Waals surface area contributed by atoms with Crippen LogP contribution < -0.4 is 5.73 Å². The average Bonchev–Trinajstić information content (AvgIpc) is 2.80. The molecule has 0 amide bonds. The van der Waals surface area contributed by atoms with Crippen LogP contribution in [-0.4, -0.2) is 43.4 Å². The van der Waals surface area contributed by atoms with E-state index in [-0.39, 0.29) is 0 Å². The molecule has 0 aromatic carbocycles. The van der Waals surface area contributed by atoms with Crippen LogP contribution in [0, 0.1) is 0 Å². The number of aromatic nitrogens is 2. The van der Waals surface area contributed by atoms with E-state index in [1.165, 1.54) is 7.11 Å². The van der Waals surface area contributed by atoms with Gasteiger partial charge in [0.05, 0.1) is 7.11 Å². The summed E-state index contributed by atoms with van der Waals surface area (Å²) in [5.74, 6) is 0.301. The van der Waals surface area contributed by atoms with Gasteiger partial charge in [0.25, 0.3) is 0 Å². The van der Waals surface area contributed by atoms with Crippen LogP contribution in [0.3, 0.4) is 0 Å². The molecule has 0 saturated carbocycles. The monoisotopic (exact) mass is 299 g/mol. The summed E-state index contributed by atoms with van der Waals surface area (Å²) in [4.78, 5) is 15.5. The third kappa shape index (κ3) is 5.85. The molecule has 7 heteroatoms. The maximum atomic E-state index is 11.3. The Bertz CT molecular complexity index is 429. The lowest BCUT2D eigenvalue weighted by atomic mass is 10.2. The summed E-state index contributed by atoms with van der Waals surface area (Å²) in [7, 11) is 0.258. The Kier molecular flexibility index (Phi) is 6.38. The van der Waals surface area contributed by atoms with Gasteiger partial charge in [0, 0.05) is 33.5 Å². The molecule has 0 aliphatic carbocycles. The fraction of sp³-hybridized carbons (Fsp3) is 0.692. The van der Waals surface area contributed by atoms with Crippen molar-refractivity contribution in [3.05, 3.63) is 18.2 Å². The summed E-state index contributed by atoms with van der Waals surface area (Å²) >= 11 is 0. The van der Waals surface area contributed by atoms with Crippen molar-refractivity contribution in [3.63, 3.8) is 0 Å². The maximum absolute atomic E-state index is 11.3. The van der Waals surface area contributed by atoms with Crippen molar-refractivity contribution in [1.29, 1.82) is 0 Å². The topological polar surface area (TPSA) is 79.4 Å². The number of hydrogen-bond acceptors (Lipinski definition) is 5. The number of carbonyl (C=O) groups is 1. The third-order valence-electron chi connectivity index (χ3n) is 2.93. The highest BCUT2D eigenvalue weighted by molar-refractivity contribution is 6.76. The fourth-order valence-corrected chi connectivity index (χ4v) is 2.38. The van der Waals surface area contributed by atoms with E-state index >= 15 is 0 Å². The van der Waals surface area contributed by atoms with Gasteiger partial charge in [-0.2, -0.15) is 0 Å². The molecule has 0 fully saturated rings. The maximum Gasteiger partial charge on any atom is 0.323 e. The van der Waals surface area contributed by atoms with Crippen molar-refractivity contribution in [2.45, 2.75) is 44.9 Å². The smallest absolute Gasteiger partial charge is 0.323 e. The molecular weight excluding hydrogens is 274 g/mol. The van der Waals surface area contributed by atoms with Gasteiger partial charge in [-0.3, -0.25) is 4.79 Å². The Morgan fingerprint density at radius 2 is 2.20 bits per heavy atom. The Labute approximate surface area is 121 Å². The first-order valence-corrected chi connectivity index (χ1v) is 10.5. The first-order valence-electron chi connectivity index (χ1n) is 6.74. The highest BCUT2D eigenvalue weighted by Gasteiger charge is 2.17. The fourth-order valence-electron chi connectivity index (χ4n) is 1.62. The van der Waals surface area contributed by atoms with Gasteiger partial charge in [-0.1, -0.05) is 19.6 Å². The second kappa shape index (κ2) is 7.56. The van der Waals surface area contributed by atoms with Gasteiger partial charge in [-0.25, -0.2) is 4.98 Å². The lowest BCUT2D eigenvalue weighted by Gasteiger charge is -2.16. The number of nitrogens with two attached hydrogens (primary N) is 1. The van der Waals surface area contributed by atoms with Gasteiger partial charge in [-0.15, -0.1) is 0 Å². The molecule has 1 aromatic heterocycles. The second-order valence-corrected chi connectivity index (χ2v) is 11.6. The standard InChI is InChI=1S/C13H25N3O3Si/c1-18-13(17)11(14)9-12-15-5-6-16(12)10-19-7-8-20(2,3)4/h5-6,11H,7-10,14H2,1-4H3/t11-/m0/s1. The van der Waals surface area contributed by atoms with Gasteiger partial charge in [0.2, 0.25) is 0 Å². The highest BCUT2D eigenvalue weighted by atomic mass is 28.3. The van der Waals surface area contributed by atoms with E-state index in [1.54, 1.807) is 6.20 Å². The Morgan fingerprint density at radius 3 is 2.80 bits per heavy atom. The minimum Gasteiger partial charge on any atom is -0.468 e. The summed E-state index contributed by atoms with van der Waals surface area (Å²) in [6, 6.07) is 0.432. The molecule has 0 bridgehead atoms. The third-order valence-corrected chi connectivity index (χ3v) is 4.64. The quantitative estimate of drug-likeness (QED) is 0.444. The van der Waals surface area contributed by atoms with Crippen molar-refractivity contribution < 1.29 is 14.3 Å². The van der Waals surface area contributed by atoms with E-state index in [2.05, 4.69) is 29.4 Å². The predicted octanol–water partition coefficient (Wildman–Crippen LogP) is 1.24. The summed E-state index contributed by atoms with van der Waals surface area (Å²) in [5.41, 5.74) is 5.74. The van der Waals surface area contributed by atoms with E-state index in [1.807, 2.05) is 10.8 Å². The molecule has 1 atom stereocenters. The highest BCUT2D eigenvalue weighted by Crippen LogP contribution is 2.08. The van der Waals surface area contributed by atoms with E-state index in [0.29, 0.717) is 13.2 Å². The Hall–Kier alpha value is -1.18. The van der Waals surface area contributed by atoms with E-state index < -0.39 is 20.1 Å². The molecule has 0 radical (unpaired) electrons. The number of methoxy groups -OCH3 is 1. The van der Waals surface area contributed by atoms with Gasteiger partial charge in [-0.05, 0) is 6.04 Å². The van der Waals surface area contributed by atoms with Crippen LogP contribution in [-0.2, 0) is 27.4 Å². The Balaban J connectivity index is 2.44. The van der Waals surface area contributed by atoms with E-state index in [9.17, 15) is 4.79 Å². The van der Waals surface area contributed by atoms with Gasteiger partial charge < -0.3 is 19.8 Å². The van der Waals surface area contributed by atoms with Crippen molar-refractivity contribution in [1.82, 2.24) is 9.55 Å². The largest absolute Gasteiger partial charge is 0.468 e. The Morgan fingerprint density at radius 1 is 1.50 bits per heavy atom. The van der Waals surface area contributed by atoms with E-state index in [0.717, 1.165) is 18.5 Å². The van der Waals surface area contributed by atoms with Crippen LogP contribution in [0.4, 0.5) is 0 Å². The normalized spacial score (nSPS) is 13.2. The minimum atomic E-state index is -1.07. The number of nitrogens with zero attached hydrogens (tertiary/aromatic N) is 2. The SMILES string of the molecule is COC(=O)[C@@H](N)Cc1nccn1COCC[Si](C)(C)C. The number of imidazole rings is 1. The molecule has 0 saturated heterocycles. The summed E-state index contributed by atoms with van der Waals surface area (Å²) < 4.78 is 12.1. The van der Waals surface area contributed by atoms with Gasteiger partial charge in [0.1, 0.15) is 18.6 Å². The molecule has 20 heavy (non-hydrogen) atoms. The predicted molar refractivity (Wildman–Crippen MR) is 80.0 cm³/mol. The number of esters is 1. The van der Waals surface area contributed by atoms with Crippen LogP contribution >= 0.6 is 0 Å². The molecular formula is C13H25N3O3Si. The molecule has 0 spiro atoms. The number of rotatable bonds is 8. The molecule has 1 aromatic rings. The van der Waals surface area contributed by atoms with Gasteiger partial charge in [0.15, 0.2) is 0 Å². The molecule has 1 rings (SSSR count). The second-order valence-electron chi connectivity index (χ2n) is 6.00. The first-order chi connectivity index (χ1) is 9.33. The average molecular weight is 299 g/mol. The lowest BCUT2D eigenvalue weighted by molar-refractivity contribution is -0.142. The molecule has 0 unspecified atom stereocenters. The molecule has 2 N–H and O–H groups in total. The van der Waals surface area contributed by atoms with Crippen LogP contribution in [0.2, 0.25) is 25.7 Å². The zero-order chi connectivity index (χ0) is 15.2. The van der Waals surface area contributed by atoms with Crippen LogP contribution in [0.15, 0.2) is 12.4 Å². The van der Waals surface area contributed by atoms with Crippen LogP contribution in [0.25, 0.3) is 0 Å². The lowest BCUT2D eigenvalue weighted by Crippen LogP contribution is -2.34.